The van der Waals surface area contributed by atoms with Crippen LogP contribution in [0.3, 0.4) is 0 Å². The topological polar surface area (TPSA) is 50.2 Å². The molecule has 0 spiro atoms. The van der Waals surface area contributed by atoms with E-state index in [9.17, 15) is 9.18 Å². The summed E-state index contributed by atoms with van der Waals surface area (Å²) in [5, 5.41) is 8.18. The highest BCUT2D eigenvalue weighted by Crippen LogP contribution is 2.28. The number of piperidine rings is 1. The van der Waals surface area contributed by atoms with E-state index in [1.807, 2.05) is 18.7 Å². The summed E-state index contributed by atoms with van der Waals surface area (Å²) >= 11 is 0. The Morgan fingerprint density at radius 1 is 1.15 bits per heavy atom. The van der Waals surface area contributed by atoms with Crippen LogP contribution in [0, 0.1) is 25.6 Å². The smallest absolute Gasteiger partial charge is 0.257 e. The summed E-state index contributed by atoms with van der Waals surface area (Å²) in [6, 6.07) is 6.71. The molecule has 0 radical (unpaired) electrons. The van der Waals surface area contributed by atoms with Gasteiger partial charge >= 0.3 is 0 Å². The minimum atomic E-state index is -0.283. The number of rotatable bonds is 5. The maximum absolute atomic E-state index is 13.2. The van der Waals surface area contributed by atoms with Crippen LogP contribution in [0.2, 0.25) is 0 Å². The van der Waals surface area contributed by atoms with E-state index in [0.29, 0.717) is 11.6 Å². The quantitative estimate of drug-likeness (QED) is 0.879. The molecule has 1 amide bonds. The number of nitrogens with zero attached hydrogens (tertiary/aromatic N) is 3. The van der Waals surface area contributed by atoms with Gasteiger partial charge in [0, 0.05) is 19.1 Å². The molecule has 1 aliphatic heterocycles. The first kappa shape index (κ1) is 18.2. The fourth-order valence-electron chi connectivity index (χ4n) is 3.89. The van der Waals surface area contributed by atoms with E-state index in [2.05, 4.69) is 10.4 Å². The van der Waals surface area contributed by atoms with Crippen molar-refractivity contribution < 1.29 is 9.18 Å². The molecule has 2 fully saturated rings. The fourth-order valence-corrected chi connectivity index (χ4v) is 3.89. The third-order valence-electron chi connectivity index (χ3n) is 5.75. The molecule has 2 heterocycles. The number of aromatic nitrogens is 2. The molecule has 0 unspecified atom stereocenters. The van der Waals surface area contributed by atoms with E-state index in [-0.39, 0.29) is 11.7 Å². The van der Waals surface area contributed by atoms with Crippen molar-refractivity contribution in [2.75, 3.05) is 19.6 Å². The summed E-state index contributed by atoms with van der Waals surface area (Å²) in [5.41, 5.74) is 2.96. The monoisotopic (exact) mass is 370 g/mol. The molecule has 1 saturated heterocycles. The number of hydrogen-bond donors (Lipinski definition) is 1. The van der Waals surface area contributed by atoms with Crippen molar-refractivity contribution in [2.45, 2.75) is 45.6 Å². The first-order chi connectivity index (χ1) is 13.0. The maximum Gasteiger partial charge on any atom is 0.257 e. The zero-order valence-electron chi connectivity index (χ0n) is 16.0. The number of hydrogen-bond acceptors (Lipinski definition) is 3. The summed E-state index contributed by atoms with van der Waals surface area (Å²) in [4.78, 5) is 15.1. The first-order valence-electron chi connectivity index (χ1n) is 9.87. The predicted molar refractivity (Wildman–Crippen MR) is 103 cm³/mol. The Kier molecular flexibility index (Phi) is 5.00. The lowest BCUT2D eigenvalue weighted by Gasteiger charge is -2.32. The summed E-state index contributed by atoms with van der Waals surface area (Å²) in [6.07, 6.45) is 4.73. The molecule has 1 aliphatic carbocycles. The molecular weight excluding hydrogens is 343 g/mol. The maximum atomic E-state index is 13.2. The fraction of sp³-hybridized carbons (Fsp3) is 0.524. The number of carbonyl (C=O) groups is 1. The van der Waals surface area contributed by atoms with Crippen LogP contribution in [-0.4, -0.2) is 46.3 Å². The Hall–Kier alpha value is -2.21. The number of benzene rings is 1. The normalized spacial score (nSPS) is 18.1. The summed E-state index contributed by atoms with van der Waals surface area (Å²) in [7, 11) is 0. The van der Waals surface area contributed by atoms with Crippen LogP contribution in [0.5, 0.6) is 0 Å². The Balaban J connectivity index is 1.45. The van der Waals surface area contributed by atoms with Crippen molar-refractivity contribution in [3.8, 4) is 5.69 Å². The zero-order valence-corrected chi connectivity index (χ0v) is 16.0. The number of likely N-dealkylation sites (tertiary alicyclic amines) is 1. The number of carbonyl (C=O) groups excluding carboxylic acids is 1. The molecule has 1 aromatic carbocycles. The summed E-state index contributed by atoms with van der Waals surface area (Å²) in [5.74, 6) is 0.654. The second kappa shape index (κ2) is 7.43. The van der Waals surface area contributed by atoms with Crippen molar-refractivity contribution in [3.63, 3.8) is 0 Å². The van der Waals surface area contributed by atoms with E-state index < -0.39 is 0 Å². The van der Waals surface area contributed by atoms with Gasteiger partial charge in [-0.15, -0.1) is 0 Å². The predicted octanol–water partition coefficient (Wildman–Crippen LogP) is 3.23. The Labute approximate surface area is 159 Å². The van der Waals surface area contributed by atoms with Gasteiger partial charge in [-0.3, -0.25) is 4.79 Å². The van der Waals surface area contributed by atoms with Crippen molar-refractivity contribution in [1.82, 2.24) is 20.0 Å². The third-order valence-corrected chi connectivity index (χ3v) is 5.75. The molecule has 2 aromatic rings. The van der Waals surface area contributed by atoms with E-state index in [0.717, 1.165) is 55.5 Å². The molecule has 27 heavy (non-hydrogen) atoms. The van der Waals surface area contributed by atoms with Gasteiger partial charge in [0.2, 0.25) is 0 Å². The van der Waals surface area contributed by atoms with Gasteiger partial charge in [-0.2, -0.15) is 5.10 Å². The minimum absolute atomic E-state index is 0.0546. The van der Waals surface area contributed by atoms with Gasteiger partial charge in [0.1, 0.15) is 5.82 Å². The van der Waals surface area contributed by atoms with Crippen molar-refractivity contribution in [3.05, 3.63) is 47.0 Å². The van der Waals surface area contributed by atoms with Gasteiger partial charge in [0.25, 0.3) is 5.91 Å². The van der Waals surface area contributed by atoms with Gasteiger partial charge in [-0.05, 0) is 76.3 Å². The molecule has 0 bridgehead atoms. The largest absolute Gasteiger partial charge is 0.338 e. The lowest BCUT2D eigenvalue weighted by Crippen LogP contribution is -2.45. The molecule has 1 N–H and O–H groups in total. The van der Waals surface area contributed by atoms with Crippen LogP contribution in [0.1, 0.15) is 47.4 Å². The zero-order chi connectivity index (χ0) is 19.0. The van der Waals surface area contributed by atoms with Crippen LogP contribution in [-0.2, 0) is 0 Å². The van der Waals surface area contributed by atoms with E-state index >= 15 is 0 Å². The second-order valence-corrected chi connectivity index (χ2v) is 7.85. The second-order valence-electron chi connectivity index (χ2n) is 7.85. The van der Waals surface area contributed by atoms with Crippen LogP contribution in [0.15, 0.2) is 24.3 Å². The average molecular weight is 370 g/mol. The summed E-state index contributed by atoms with van der Waals surface area (Å²) in [6.45, 7) is 6.45. The third kappa shape index (κ3) is 3.90. The highest BCUT2D eigenvalue weighted by atomic mass is 19.1. The molecule has 0 atom stereocenters. The Morgan fingerprint density at radius 2 is 1.81 bits per heavy atom. The molecular formula is C21H27FN4O. The van der Waals surface area contributed by atoms with Crippen LogP contribution in [0.4, 0.5) is 4.39 Å². The van der Waals surface area contributed by atoms with Crippen molar-refractivity contribution in [1.29, 1.82) is 0 Å². The molecule has 144 valence electrons. The highest BCUT2D eigenvalue weighted by Gasteiger charge is 2.29. The van der Waals surface area contributed by atoms with Crippen LogP contribution in [0.25, 0.3) is 5.69 Å². The lowest BCUT2D eigenvalue weighted by molar-refractivity contribution is 0.0703. The highest BCUT2D eigenvalue weighted by molar-refractivity contribution is 5.96. The van der Waals surface area contributed by atoms with E-state index in [4.69, 9.17) is 0 Å². The SMILES string of the molecule is Cc1nn(-c2ccc(F)cc2)c(C)c1C(=O)N1CCC(NCC2CC2)CC1. The van der Waals surface area contributed by atoms with E-state index in [1.54, 1.807) is 16.8 Å². The van der Waals surface area contributed by atoms with Gasteiger partial charge in [0.05, 0.1) is 22.6 Å². The van der Waals surface area contributed by atoms with E-state index in [1.165, 1.54) is 25.0 Å². The first-order valence-corrected chi connectivity index (χ1v) is 9.87. The summed E-state index contributed by atoms with van der Waals surface area (Å²) < 4.78 is 14.9. The Bertz CT molecular complexity index is 817. The number of amides is 1. The molecule has 5 nitrogen and oxygen atoms in total. The lowest BCUT2D eigenvalue weighted by atomic mass is 10.0. The molecule has 6 heteroatoms. The van der Waals surface area contributed by atoms with Gasteiger partial charge < -0.3 is 10.2 Å². The number of aryl methyl sites for hydroxylation is 1. The Morgan fingerprint density at radius 3 is 2.44 bits per heavy atom. The standard InChI is InChI=1S/C21H27FN4O/c1-14-20(15(2)26(24-14)19-7-5-17(22)6-8-19)21(27)25-11-9-18(10-12-25)23-13-16-3-4-16/h5-8,16,18,23H,3-4,9-13H2,1-2H3. The average Bonchev–Trinajstić information content (AvgIpc) is 3.45. The molecule has 2 aliphatic rings. The minimum Gasteiger partial charge on any atom is -0.338 e. The van der Waals surface area contributed by atoms with Gasteiger partial charge in [-0.25, -0.2) is 9.07 Å². The van der Waals surface area contributed by atoms with Crippen molar-refractivity contribution in [2.24, 2.45) is 5.92 Å². The molecule has 1 saturated carbocycles. The molecule has 1 aromatic heterocycles. The van der Waals surface area contributed by atoms with Crippen molar-refractivity contribution >= 4 is 5.91 Å². The molecule has 4 rings (SSSR count). The van der Waals surface area contributed by atoms with Crippen LogP contribution < -0.4 is 5.32 Å². The number of nitrogens with one attached hydrogen (secondary N) is 1. The van der Waals surface area contributed by atoms with Gasteiger partial charge in [-0.1, -0.05) is 0 Å². The van der Waals surface area contributed by atoms with Crippen LogP contribution >= 0.6 is 0 Å². The van der Waals surface area contributed by atoms with Gasteiger partial charge in [0.15, 0.2) is 0 Å². The number of halogens is 1.